The van der Waals surface area contributed by atoms with Crippen LogP contribution in [-0.4, -0.2) is 34.6 Å². The first kappa shape index (κ1) is 13.8. The van der Waals surface area contributed by atoms with Crippen LogP contribution in [0.5, 0.6) is 6.01 Å². The number of aromatic nitrogens is 3. The minimum atomic E-state index is 0.224. The van der Waals surface area contributed by atoms with Crippen LogP contribution in [-0.2, 0) is 0 Å². The molecule has 106 valence electrons. The van der Waals surface area contributed by atoms with E-state index >= 15 is 0 Å². The zero-order chi connectivity index (χ0) is 13.8. The SMILES string of the molecule is CCCOc1nc(N)nc(N2CC(C)CC(C)C2)n1. The van der Waals surface area contributed by atoms with Gasteiger partial charge in [-0.25, -0.2) is 0 Å². The van der Waals surface area contributed by atoms with Gasteiger partial charge >= 0.3 is 6.01 Å². The minimum Gasteiger partial charge on any atom is -0.463 e. The smallest absolute Gasteiger partial charge is 0.323 e. The first-order valence-corrected chi connectivity index (χ1v) is 6.97. The average Bonchev–Trinajstić information content (AvgIpc) is 2.34. The van der Waals surface area contributed by atoms with E-state index in [1.165, 1.54) is 6.42 Å². The van der Waals surface area contributed by atoms with Gasteiger partial charge < -0.3 is 15.4 Å². The minimum absolute atomic E-state index is 0.224. The zero-order valence-electron chi connectivity index (χ0n) is 12.0. The van der Waals surface area contributed by atoms with Crippen molar-refractivity contribution < 1.29 is 4.74 Å². The van der Waals surface area contributed by atoms with Gasteiger partial charge in [-0.3, -0.25) is 0 Å². The topological polar surface area (TPSA) is 77.2 Å². The third-order valence-electron chi connectivity index (χ3n) is 3.21. The molecule has 2 unspecified atom stereocenters. The second-order valence-corrected chi connectivity index (χ2v) is 5.48. The molecule has 6 heteroatoms. The molecule has 0 spiro atoms. The van der Waals surface area contributed by atoms with Crippen molar-refractivity contribution in [2.24, 2.45) is 11.8 Å². The number of rotatable bonds is 4. The average molecular weight is 265 g/mol. The third kappa shape index (κ3) is 3.68. The number of nitrogen functional groups attached to an aromatic ring is 1. The normalized spacial score (nSPS) is 23.4. The second kappa shape index (κ2) is 6.04. The molecule has 1 aliphatic heterocycles. The molecule has 0 saturated carbocycles. The van der Waals surface area contributed by atoms with E-state index in [0.717, 1.165) is 19.5 Å². The predicted molar refractivity (Wildman–Crippen MR) is 75.2 cm³/mol. The summed E-state index contributed by atoms with van der Waals surface area (Å²) in [5.74, 6) is 2.14. The largest absolute Gasteiger partial charge is 0.463 e. The number of hydrogen-bond donors (Lipinski definition) is 1. The van der Waals surface area contributed by atoms with Gasteiger partial charge in [0.15, 0.2) is 0 Å². The maximum atomic E-state index is 5.74. The van der Waals surface area contributed by atoms with E-state index in [9.17, 15) is 0 Å². The number of ether oxygens (including phenoxy) is 1. The Morgan fingerprint density at radius 1 is 1.21 bits per heavy atom. The molecule has 2 atom stereocenters. The van der Waals surface area contributed by atoms with Crippen molar-refractivity contribution in [3.8, 4) is 6.01 Å². The van der Waals surface area contributed by atoms with Crippen LogP contribution in [0.1, 0.15) is 33.6 Å². The van der Waals surface area contributed by atoms with Crippen LogP contribution in [0.2, 0.25) is 0 Å². The predicted octanol–water partition coefficient (Wildman–Crippen LogP) is 1.72. The lowest BCUT2D eigenvalue weighted by atomic mass is 9.92. The first-order valence-electron chi connectivity index (χ1n) is 6.97. The Morgan fingerprint density at radius 3 is 2.53 bits per heavy atom. The Balaban J connectivity index is 2.16. The van der Waals surface area contributed by atoms with E-state index in [-0.39, 0.29) is 5.95 Å². The molecular formula is C13H23N5O. The van der Waals surface area contributed by atoms with E-state index in [2.05, 4.69) is 33.7 Å². The summed E-state index contributed by atoms with van der Waals surface area (Å²) in [5, 5.41) is 0. The number of nitrogens with two attached hydrogens (primary N) is 1. The molecule has 2 heterocycles. The Kier molecular flexibility index (Phi) is 4.39. The molecule has 1 aromatic heterocycles. The number of nitrogens with zero attached hydrogens (tertiary/aromatic N) is 4. The lowest BCUT2D eigenvalue weighted by molar-refractivity contribution is 0.290. The van der Waals surface area contributed by atoms with Gasteiger partial charge in [-0.2, -0.15) is 15.0 Å². The molecule has 1 saturated heterocycles. The van der Waals surface area contributed by atoms with E-state index < -0.39 is 0 Å². The Bertz CT molecular complexity index is 415. The van der Waals surface area contributed by atoms with Crippen LogP contribution in [0, 0.1) is 11.8 Å². The van der Waals surface area contributed by atoms with Crippen LogP contribution in [0.25, 0.3) is 0 Å². The zero-order valence-corrected chi connectivity index (χ0v) is 12.0. The van der Waals surface area contributed by atoms with Gasteiger partial charge in [-0.1, -0.05) is 20.8 Å². The molecule has 6 nitrogen and oxygen atoms in total. The van der Waals surface area contributed by atoms with Crippen LogP contribution < -0.4 is 15.4 Å². The molecule has 2 N–H and O–H groups in total. The molecule has 1 aliphatic rings. The molecule has 0 bridgehead atoms. The maximum Gasteiger partial charge on any atom is 0.323 e. The van der Waals surface area contributed by atoms with Gasteiger partial charge in [0, 0.05) is 13.1 Å². The van der Waals surface area contributed by atoms with Crippen LogP contribution in [0.3, 0.4) is 0 Å². The summed E-state index contributed by atoms with van der Waals surface area (Å²) in [5.41, 5.74) is 5.74. The summed E-state index contributed by atoms with van der Waals surface area (Å²) in [6, 6.07) is 0.329. The lowest BCUT2D eigenvalue weighted by Crippen LogP contribution is -2.39. The fraction of sp³-hybridized carbons (Fsp3) is 0.769. The van der Waals surface area contributed by atoms with Gasteiger partial charge in [0.05, 0.1) is 6.61 Å². The van der Waals surface area contributed by atoms with Gasteiger partial charge in [0.2, 0.25) is 11.9 Å². The summed E-state index contributed by atoms with van der Waals surface area (Å²) in [7, 11) is 0. The molecule has 1 aromatic rings. The molecule has 19 heavy (non-hydrogen) atoms. The monoisotopic (exact) mass is 265 g/mol. The summed E-state index contributed by atoms with van der Waals surface area (Å²) in [6.45, 7) is 9.06. The molecule has 0 amide bonds. The summed E-state index contributed by atoms with van der Waals surface area (Å²) in [6.07, 6.45) is 2.16. The number of hydrogen-bond acceptors (Lipinski definition) is 6. The van der Waals surface area contributed by atoms with Crippen LogP contribution in [0.15, 0.2) is 0 Å². The van der Waals surface area contributed by atoms with Crippen molar-refractivity contribution in [3.05, 3.63) is 0 Å². The van der Waals surface area contributed by atoms with Crippen LogP contribution in [0.4, 0.5) is 11.9 Å². The van der Waals surface area contributed by atoms with Crippen molar-refractivity contribution in [3.63, 3.8) is 0 Å². The Morgan fingerprint density at radius 2 is 1.89 bits per heavy atom. The number of anilines is 2. The molecule has 1 fully saturated rings. The fourth-order valence-corrected chi connectivity index (χ4v) is 2.59. The van der Waals surface area contributed by atoms with Crippen molar-refractivity contribution in [2.75, 3.05) is 30.3 Å². The van der Waals surface area contributed by atoms with Crippen molar-refractivity contribution in [2.45, 2.75) is 33.6 Å². The summed E-state index contributed by atoms with van der Waals surface area (Å²) < 4.78 is 5.45. The van der Waals surface area contributed by atoms with E-state index in [4.69, 9.17) is 10.5 Å². The van der Waals surface area contributed by atoms with E-state index in [1.54, 1.807) is 0 Å². The quantitative estimate of drug-likeness (QED) is 0.893. The van der Waals surface area contributed by atoms with Gasteiger partial charge in [0.25, 0.3) is 0 Å². The molecule has 2 rings (SSSR count). The standard InChI is InChI=1S/C13H23N5O/c1-4-5-19-13-16-11(14)15-12(17-13)18-7-9(2)6-10(3)8-18/h9-10H,4-8H2,1-3H3,(H2,14,15,16,17). The number of piperidine rings is 1. The lowest BCUT2D eigenvalue weighted by Gasteiger charge is -2.34. The van der Waals surface area contributed by atoms with E-state index in [1.807, 2.05) is 6.92 Å². The van der Waals surface area contributed by atoms with Crippen molar-refractivity contribution >= 4 is 11.9 Å². The van der Waals surface area contributed by atoms with E-state index in [0.29, 0.717) is 30.4 Å². The van der Waals surface area contributed by atoms with Crippen molar-refractivity contribution in [1.82, 2.24) is 15.0 Å². The highest BCUT2D eigenvalue weighted by atomic mass is 16.5. The Hall–Kier alpha value is -1.59. The highest BCUT2D eigenvalue weighted by Gasteiger charge is 2.24. The fourth-order valence-electron chi connectivity index (χ4n) is 2.59. The highest BCUT2D eigenvalue weighted by molar-refractivity contribution is 5.36. The first-order chi connectivity index (χ1) is 9.08. The maximum absolute atomic E-state index is 5.74. The highest BCUT2D eigenvalue weighted by Crippen LogP contribution is 2.25. The van der Waals surface area contributed by atoms with Crippen LogP contribution >= 0.6 is 0 Å². The molecule has 0 radical (unpaired) electrons. The second-order valence-electron chi connectivity index (χ2n) is 5.48. The summed E-state index contributed by atoms with van der Waals surface area (Å²) in [4.78, 5) is 14.8. The van der Waals surface area contributed by atoms with Gasteiger partial charge in [0.1, 0.15) is 0 Å². The molecule has 0 aromatic carbocycles. The Labute approximate surface area is 114 Å². The van der Waals surface area contributed by atoms with Gasteiger partial charge in [-0.05, 0) is 24.7 Å². The summed E-state index contributed by atoms with van der Waals surface area (Å²) >= 11 is 0. The van der Waals surface area contributed by atoms with Crippen molar-refractivity contribution in [1.29, 1.82) is 0 Å². The molecular weight excluding hydrogens is 242 g/mol. The molecule has 0 aliphatic carbocycles. The third-order valence-corrected chi connectivity index (χ3v) is 3.21. The van der Waals surface area contributed by atoms with Gasteiger partial charge in [-0.15, -0.1) is 0 Å².